The molecule has 0 radical (unpaired) electrons. The molecule has 21 heavy (non-hydrogen) atoms. The maximum absolute atomic E-state index is 12.5. The van der Waals surface area contributed by atoms with Gasteiger partial charge >= 0.3 is 139 Å². The molecule has 0 aromatic rings. The van der Waals surface area contributed by atoms with Gasteiger partial charge < -0.3 is 0 Å². The Morgan fingerprint density at radius 2 is 1.71 bits per heavy atom. The summed E-state index contributed by atoms with van der Waals surface area (Å²) in [4.78, 5) is 26.6. The van der Waals surface area contributed by atoms with Gasteiger partial charge in [0.25, 0.3) is 0 Å². The Kier molecular flexibility index (Phi) is 7.59. The molecule has 0 spiro atoms. The minimum absolute atomic E-state index is 0.0595. The van der Waals surface area contributed by atoms with Crippen molar-refractivity contribution in [3.05, 3.63) is 7.18 Å². The van der Waals surface area contributed by atoms with E-state index in [4.69, 9.17) is 9.47 Å². The van der Waals surface area contributed by atoms with E-state index in [-0.39, 0.29) is 5.97 Å². The number of carbonyl (C=O) groups is 1. The van der Waals surface area contributed by atoms with Crippen LogP contribution in [0.15, 0.2) is 7.18 Å². The third-order valence-electron chi connectivity index (χ3n) is 4.05. The summed E-state index contributed by atoms with van der Waals surface area (Å²) < 4.78 is 13.7. The van der Waals surface area contributed by atoms with Crippen molar-refractivity contribution < 1.29 is 14.3 Å². The monoisotopic (exact) mass is 512 g/mol. The van der Waals surface area contributed by atoms with Crippen LogP contribution in [0.1, 0.15) is 25.7 Å². The zero-order valence-corrected chi connectivity index (χ0v) is 20.5. The minimum atomic E-state index is -2.52. The van der Waals surface area contributed by atoms with Gasteiger partial charge in [0.05, 0.1) is 0 Å². The number of hydrogen-bond acceptors (Lipinski definition) is 3. The first kappa shape index (κ1) is 19.8. The van der Waals surface area contributed by atoms with Crippen LogP contribution in [0.3, 0.4) is 0 Å². The van der Waals surface area contributed by atoms with Crippen molar-refractivity contribution >= 4 is 42.7 Å². The number of ether oxygens (including phenoxy) is 2. The summed E-state index contributed by atoms with van der Waals surface area (Å²) in [6.45, 7) is 0.879. The van der Waals surface area contributed by atoms with Gasteiger partial charge in [-0.25, -0.2) is 0 Å². The Labute approximate surface area is 138 Å². The Bertz CT molecular complexity index is 397. The van der Waals surface area contributed by atoms with E-state index in [1.54, 1.807) is 0 Å². The molecular weight excluding hydrogens is 478 g/mol. The average molecular weight is 510 g/mol. The molecule has 122 valence electrons. The van der Waals surface area contributed by atoms with E-state index in [9.17, 15) is 4.79 Å². The second kappa shape index (κ2) is 8.04. The topological polar surface area (TPSA) is 35.5 Å². The van der Waals surface area contributed by atoms with Gasteiger partial charge in [0.2, 0.25) is 0 Å². The van der Waals surface area contributed by atoms with Crippen LogP contribution in [0.5, 0.6) is 0 Å². The zero-order valence-electron chi connectivity index (χ0n) is 14.8. The molecule has 0 saturated carbocycles. The summed E-state index contributed by atoms with van der Waals surface area (Å²) in [5, 5.41) is 0. The van der Waals surface area contributed by atoms with Crippen molar-refractivity contribution in [1.29, 1.82) is 0 Å². The number of methoxy groups -OCH3 is 1. The molecule has 5 heteroatoms. The summed E-state index contributed by atoms with van der Waals surface area (Å²) >= 11 is -4.88. The fourth-order valence-corrected chi connectivity index (χ4v) is 27.1. The molecule has 1 aliphatic heterocycles. The van der Waals surface area contributed by atoms with Crippen molar-refractivity contribution in [3.63, 3.8) is 0 Å². The van der Waals surface area contributed by atoms with Crippen LogP contribution in [-0.4, -0.2) is 62.5 Å². The normalized spacial score (nSPS) is 21.8. The van der Waals surface area contributed by atoms with Crippen LogP contribution in [0, 0.1) is 0 Å². The summed E-state index contributed by atoms with van der Waals surface area (Å²) in [5.74, 6) is -0.0595. The molecule has 1 aliphatic rings. The molecule has 0 aliphatic carbocycles. The fourth-order valence-electron chi connectivity index (χ4n) is 2.96. The molecule has 0 amide bonds. The Morgan fingerprint density at radius 1 is 1.10 bits per heavy atom. The molecule has 1 unspecified atom stereocenters. The summed E-state index contributed by atoms with van der Waals surface area (Å²) in [7, 11) is 1.52. The molecule has 1 fully saturated rings. The number of hydrogen-bond donors (Lipinski definition) is 0. The Hall–Kier alpha value is 0.767. The van der Waals surface area contributed by atoms with E-state index in [2.05, 4.69) is 29.6 Å². The van der Waals surface area contributed by atoms with Gasteiger partial charge in [0, 0.05) is 0 Å². The van der Waals surface area contributed by atoms with Crippen LogP contribution in [0.2, 0.25) is 29.6 Å². The predicted octanol–water partition coefficient (Wildman–Crippen LogP) is 4.17. The second-order valence-electron chi connectivity index (χ2n) is 8.04. The third kappa shape index (κ3) is 6.05. The third-order valence-corrected chi connectivity index (χ3v) is 18.3. The van der Waals surface area contributed by atoms with E-state index >= 15 is 0 Å². The molecule has 0 aromatic carbocycles. The Balaban J connectivity index is 3.23. The summed E-state index contributed by atoms with van der Waals surface area (Å²) in [6.07, 6.45) is 4.86. The quantitative estimate of drug-likeness (QED) is 0.317. The molecule has 1 rings (SSSR count). The van der Waals surface area contributed by atoms with Gasteiger partial charge in [-0.05, 0) is 0 Å². The standard InChI is InChI=1S/C10H14O3.6CH3.2Sn/c1-12-10(11)7-4-6-9-5-2-3-8-13-9;;;;;;;;/h9H,2-3,5-6,8H2,1H3;6*1H3;;. The molecule has 0 N–H and O–H groups in total. The van der Waals surface area contributed by atoms with Gasteiger partial charge in [0.15, 0.2) is 0 Å². The van der Waals surface area contributed by atoms with E-state index in [1.807, 2.05) is 0 Å². The molecule has 0 aromatic heterocycles. The summed E-state index contributed by atoms with van der Waals surface area (Å²) in [5.41, 5.74) is 0. The van der Waals surface area contributed by atoms with Gasteiger partial charge in [-0.1, -0.05) is 0 Å². The first-order valence-electron chi connectivity index (χ1n) is 8.01. The van der Waals surface area contributed by atoms with Crippen molar-refractivity contribution in [2.75, 3.05) is 13.7 Å². The molecule has 3 nitrogen and oxygen atoms in total. The summed E-state index contributed by atoms with van der Waals surface area (Å²) in [6, 6.07) is 0. The van der Waals surface area contributed by atoms with Crippen LogP contribution >= 0.6 is 0 Å². The van der Waals surface area contributed by atoms with Crippen LogP contribution in [0.4, 0.5) is 0 Å². The molecule has 1 atom stereocenters. The predicted molar refractivity (Wildman–Crippen MR) is 93.9 cm³/mol. The first-order chi connectivity index (χ1) is 9.57. The van der Waals surface area contributed by atoms with Crippen LogP contribution in [-0.2, 0) is 14.3 Å². The van der Waals surface area contributed by atoms with Crippen molar-refractivity contribution in [2.45, 2.75) is 61.4 Å². The zero-order chi connectivity index (χ0) is 16.3. The van der Waals surface area contributed by atoms with Crippen molar-refractivity contribution in [2.24, 2.45) is 0 Å². The average Bonchev–Trinajstić information content (AvgIpc) is 2.36. The van der Waals surface area contributed by atoms with E-state index < -0.39 is 36.8 Å². The molecular formula is C16H32O3Sn2. The SMILES string of the molecule is COC(=O)/[C](=[C](\CC1CCCCO1)[Sn]([CH3])([CH3])[CH3])[Sn]([CH3])([CH3])[CH3]. The van der Waals surface area contributed by atoms with Gasteiger partial charge in [-0.2, -0.15) is 0 Å². The van der Waals surface area contributed by atoms with Crippen molar-refractivity contribution in [1.82, 2.24) is 0 Å². The first-order valence-corrected chi connectivity index (χ1v) is 28.0. The van der Waals surface area contributed by atoms with E-state index in [0.29, 0.717) is 6.10 Å². The van der Waals surface area contributed by atoms with Crippen molar-refractivity contribution in [3.8, 4) is 0 Å². The van der Waals surface area contributed by atoms with E-state index in [1.165, 1.54) is 23.5 Å². The number of rotatable bonds is 5. The number of carbonyl (C=O) groups excluding carboxylic acids is 1. The molecule has 1 saturated heterocycles. The van der Waals surface area contributed by atoms with Crippen LogP contribution < -0.4 is 0 Å². The maximum atomic E-state index is 12.5. The Morgan fingerprint density at radius 3 is 2.10 bits per heavy atom. The second-order valence-corrected chi connectivity index (χ2v) is 36.9. The number of esters is 1. The van der Waals surface area contributed by atoms with Gasteiger partial charge in [0.1, 0.15) is 0 Å². The fraction of sp³-hybridized carbons (Fsp3) is 0.812. The van der Waals surface area contributed by atoms with Gasteiger partial charge in [-0.15, -0.1) is 0 Å². The van der Waals surface area contributed by atoms with Gasteiger partial charge in [-0.3, -0.25) is 0 Å². The van der Waals surface area contributed by atoms with Crippen LogP contribution in [0.25, 0.3) is 0 Å². The molecule has 0 bridgehead atoms. The molecule has 1 heterocycles. The van der Waals surface area contributed by atoms with E-state index in [0.717, 1.165) is 23.0 Å².